The van der Waals surface area contributed by atoms with Crippen LogP contribution in [0.2, 0.25) is 0 Å². The van der Waals surface area contributed by atoms with E-state index < -0.39 is 17.9 Å². The van der Waals surface area contributed by atoms with Crippen molar-refractivity contribution in [2.45, 2.75) is 43.2 Å². The second-order valence-corrected chi connectivity index (χ2v) is 11.4. The Balaban J connectivity index is 1.21. The number of likely N-dealkylation sites (tertiary alicyclic amines) is 2. The molecule has 3 saturated heterocycles. The molecule has 0 saturated carbocycles. The van der Waals surface area contributed by atoms with E-state index in [9.17, 15) is 19.5 Å². The molecule has 0 radical (unpaired) electrons. The Hall–Kier alpha value is -3.97. The molecule has 7 nitrogen and oxygen atoms in total. The molecule has 3 aliphatic rings. The SMILES string of the molecule is O=C(O)[C@@H]1C[C@H](N2CCC3(CC2)CNC(=O)[C@H]3c2ccccc2)CN1C(=O)C(c1ccccc1)c1ccccc1. The summed E-state index contributed by atoms with van der Waals surface area (Å²) in [5, 5.41) is 13.3. The van der Waals surface area contributed by atoms with E-state index in [2.05, 4.69) is 10.2 Å². The molecule has 40 heavy (non-hydrogen) atoms. The number of rotatable bonds is 6. The Kier molecular flexibility index (Phi) is 7.15. The van der Waals surface area contributed by atoms with Crippen LogP contribution in [-0.2, 0) is 14.4 Å². The van der Waals surface area contributed by atoms with Gasteiger partial charge in [0.1, 0.15) is 6.04 Å². The first kappa shape index (κ1) is 26.3. The smallest absolute Gasteiger partial charge is 0.326 e. The van der Waals surface area contributed by atoms with Gasteiger partial charge in [-0.2, -0.15) is 0 Å². The Morgan fingerprint density at radius 1 is 0.850 bits per heavy atom. The predicted octanol–water partition coefficient (Wildman–Crippen LogP) is 3.87. The Bertz CT molecular complexity index is 1320. The fourth-order valence-corrected chi connectivity index (χ4v) is 7.19. The number of benzene rings is 3. The highest BCUT2D eigenvalue weighted by Gasteiger charge is 2.52. The summed E-state index contributed by atoms with van der Waals surface area (Å²) in [5.41, 5.74) is 2.64. The maximum Gasteiger partial charge on any atom is 0.326 e. The molecular formula is C33H35N3O4. The van der Waals surface area contributed by atoms with Gasteiger partial charge in [-0.15, -0.1) is 0 Å². The van der Waals surface area contributed by atoms with Gasteiger partial charge in [-0.25, -0.2) is 4.79 Å². The number of hydrogen-bond donors (Lipinski definition) is 2. The minimum atomic E-state index is -0.959. The van der Waals surface area contributed by atoms with E-state index >= 15 is 0 Å². The zero-order chi connectivity index (χ0) is 27.7. The van der Waals surface area contributed by atoms with Gasteiger partial charge in [-0.3, -0.25) is 14.5 Å². The van der Waals surface area contributed by atoms with Crippen LogP contribution in [0, 0.1) is 5.41 Å². The molecular weight excluding hydrogens is 502 g/mol. The normalized spacial score (nSPS) is 24.4. The number of carboxylic acid groups (broad SMARTS) is 1. The predicted molar refractivity (Wildman–Crippen MR) is 152 cm³/mol. The zero-order valence-corrected chi connectivity index (χ0v) is 22.5. The van der Waals surface area contributed by atoms with Gasteiger partial charge >= 0.3 is 5.97 Å². The minimum Gasteiger partial charge on any atom is -0.480 e. The maximum atomic E-state index is 14.1. The van der Waals surface area contributed by atoms with Crippen molar-refractivity contribution in [1.29, 1.82) is 0 Å². The topological polar surface area (TPSA) is 89.9 Å². The fraction of sp³-hybridized carbons (Fsp3) is 0.364. The number of carbonyl (C=O) groups excluding carboxylic acids is 2. The summed E-state index contributed by atoms with van der Waals surface area (Å²) in [5.74, 6) is -1.76. The van der Waals surface area contributed by atoms with Crippen molar-refractivity contribution < 1.29 is 19.5 Å². The van der Waals surface area contributed by atoms with E-state index in [1.165, 1.54) is 0 Å². The number of nitrogens with one attached hydrogen (secondary N) is 1. The zero-order valence-electron chi connectivity index (χ0n) is 22.5. The first-order valence-electron chi connectivity index (χ1n) is 14.2. The van der Waals surface area contributed by atoms with E-state index in [1.807, 2.05) is 91.0 Å². The molecule has 7 heteroatoms. The summed E-state index contributed by atoms with van der Waals surface area (Å²) in [4.78, 5) is 43.4. The molecule has 206 valence electrons. The number of hydrogen-bond acceptors (Lipinski definition) is 4. The third-order valence-corrected chi connectivity index (χ3v) is 9.29. The molecule has 2 N–H and O–H groups in total. The van der Waals surface area contributed by atoms with Crippen molar-refractivity contribution in [2.24, 2.45) is 5.41 Å². The van der Waals surface area contributed by atoms with Crippen LogP contribution in [0.15, 0.2) is 91.0 Å². The summed E-state index contributed by atoms with van der Waals surface area (Å²) in [6, 6.07) is 28.3. The molecule has 0 bridgehead atoms. The van der Waals surface area contributed by atoms with Crippen molar-refractivity contribution >= 4 is 17.8 Å². The summed E-state index contributed by atoms with van der Waals surface area (Å²) in [6.07, 6.45) is 2.11. The first-order valence-corrected chi connectivity index (χ1v) is 14.2. The van der Waals surface area contributed by atoms with Crippen LogP contribution in [-0.4, -0.2) is 71.0 Å². The average Bonchev–Trinajstić information content (AvgIpc) is 3.57. The van der Waals surface area contributed by atoms with Gasteiger partial charge in [0, 0.05) is 24.5 Å². The molecule has 3 aliphatic heterocycles. The van der Waals surface area contributed by atoms with Gasteiger partial charge in [0.05, 0.1) is 11.8 Å². The van der Waals surface area contributed by atoms with E-state index in [0.717, 1.165) is 42.6 Å². The number of carboxylic acids is 1. The molecule has 3 aromatic rings. The third kappa shape index (κ3) is 4.79. The van der Waals surface area contributed by atoms with Crippen molar-refractivity contribution in [3.63, 3.8) is 0 Å². The quantitative estimate of drug-likeness (QED) is 0.498. The van der Waals surface area contributed by atoms with Gasteiger partial charge in [-0.1, -0.05) is 91.0 Å². The van der Waals surface area contributed by atoms with E-state index in [-0.39, 0.29) is 29.2 Å². The van der Waals surface area contributed by atoms with E-state index in [1.54, 1.807) is 4.90 Å². The Morgan fingerprint density at radius 2 is 1.40 bits per heavy atom. The number of amides is 2. The van der Waals surface area contributed by atoms with Crippen LogP contribution in [0.4, 0.5) is 0 Å². The van der Waals surface area contributed by atoms with Gasteiger partial charge in [0.25, 0.3) is 0 Å². The van der Waals surface area contributed by atoms with Crippen LogP contribution in [0.25, 0.3) is 0 Å². The third-order valence-electron chi connectivity index (χ3n) is 9.29. The maximum absolute atomic E-state index is 14.1. The lowest BCUT2D eigenvalue weighted by Crippen LogP contribution is -2.49. The molecule has 0 aliphatic carbocycles. The second-order valence-electron chi connectivity index (χ2n) is 11.4. The molecule has 0 aromatic heterocycles. The molecule has 3 fully saturated rings. The lowest BCUT2D eigenvalue weighted by molar-refractivity contribution is -0.148. The van der Waals surface area contributed by atoms with Crippen LogP contribution in [0.3, 0.4) is 0 Å². The number of nitrogens with zero attached hydrogens (tertiary/aromatic N) is 2. The van der Waals surface area contributed by atoms with Crippen molar-refractivity contribution in [3.05, 3.63) is 108 Å². The van der Waals surface area contributed by atoms with Crippen molar-refractivity contribution in [3.8, 4) is 0 Å². The van der Waals surface area contributed by atoms with Crippen LogP contribution in [0.1, 0.15) is 47.8 Å². The highest BCUT2D eigenvalue weighted by molar-refractivity contribution is 5.91. The van der Waals surface area contributed by atoms with Gasteiger partial charge in [0.2, 0.25) is 11.8 Å². The van der Waals surface area contributed by atoms with Crippen molar-refractivity contribution in [1.82, 2.24) is 15.1 Å². The van der Waals surface area contributed by atoms with Crippen LogP contribution >= 0.6 is 0 Å². The molecule has 3 aromatic carbocycles. The minimum absolute atomic E-state index is 0.0326. The first-order chi connectivity index (χ1) is 19.5. The molecule has 2 amide bonds. The van der Waals surface area contributed by atoms with Gasteiger partial charge < -0.3 is 15.3 Å². The largest absolute Gasteiger partial charge is 0.480 e. The molecule has 3 atom stereocenters. The van der Waals surface area contributed by atoms with Gasteiger partial charge in [-0.05, 0) is 49.0 Å². The average molecular weight is 538 g/mol. The fourth-order valence-electron chi connectivity index (χ4n) is 7.19. The summed E-state index contributed by atoms with van der Waals surface area (Å²) in [7, 11) is 0. The highest BCUT2D eigenvalue weighted by Crippen LogP contribution is 2.48. The summed E-state index contributed by atoms with van der Waals surface area (Å²) < 4.78 is 0. The summed E-state index contributed by atoms with van der Waals surface area (Å²) >= 11 is 0. The number of carbonyl (C=O) groups is 3. The number of aliphatic carboxylic acids is 1. The molecule has 6 rings (SSSR count). The lowest BCUT2D eigenvalue weighted by atomic mass is 9.68. The number of piperidine rings is 1. The Labute approximate surface area is 234 Å². The summed E-state index contributed by atoms with van der Waals surface area (Å²) in [6.45, 7) is 2.61. The van der Waals surface area contributed by atoms with Crippen molar-refractivity contribution in [2.75, 3.05) is 26.2 Å². The standard InChI is InChI=1S/C33H35N3O4/c37-30-29(25-14-8-3-9-15-25)33(22-34-30)16-18-35(19-17-33)26-20-27(32(39)40)36(21-26)31(38)28(23-10-4-1-5-11-23)24-12-6-2-7-13-24/h1-15,26-29H,16-22H2,(H,34,37)(H,39,40)/t26-,27-,29+/m0/s1. The monoisotopic (exact) mass is 537 g/mol. The second kappa shape index (κ2) is 10.9. The van der Waals surface area contributed by atoms with Crippen LogP contribution < -0.4 is 5.32 Å². The van der Waals surface area contributed by atoms with Gasteiger partial charge in [0.15, 0.2) is 0 Å². The highest BCUT2D eigenvalue weighted by atomic mass is 16.4. The molecule has 0 unspecified atom stereocenters. The lowest BCUT2D eigenvalue weighted by Gasteiger charge is -2.43. The van der Waals surface area contributed by atoms with E-state index in [4.69, 9.17) is 0 Å². The molecule has 3 heterocycles. The Morgan fingerprint density at radius 3 is 1.95 bits per heavy atom. The van der Waals surface area contributed by atoms with E-state index in [0.29, 0.717) is 19.5 Å². The van der Waals surface area contributed by atoms with Crippen LogP contribution in [0.5, 0.6) is 0 Å². The molecule has 1 spiro atoms.